The van der Waals surface area contributed by atoms with E-state index >= 15 is 0 Å². The number of hydrazine groups is 1. The van der Waals surface area contributed by atoms with Crippen LogP contribution in [0, 0.1) is 0 Å². The predicted molar refractivity (Wildman–Crippen MR) is 41.6 cm³/mol. The van der Waals surface area contributed by atoms with Gasteiger partial charge in [0.1, 0.15) is 5.82 Å². The molecule has 0 fully saturated rings. The molecule has 1 amide bonds. The number of hydrogen-bond donors (Lipinski definition) is 1. The maximum Gasteiger partial charge on any atom is 0.239 e. The number of aromatic nitrogens is 1. The van der Waals surface area contributed by atoms with Gasteiger partial charge in [-0.3, -0.25) is 4.79 Å². The van der Waals surface area contributed by atoms with Crippen molar-refractivity contribution in [3.8, 4) is 0 Å². The van der Waals surface area contributed by atoms with Crippen molar-refractivity contribution >= 4 is 11.7 Å². The minimum absolute atomic E-state index is 0.233. The molecule has 4 nitrogen and oxygen atoms in total. The molecule has 0 atom stereocenters. The summed E-state index contributed by atoms with van der Waals surface area (Å²) in [6.45, 7) is 1.38. The fourth-order valence-corrected chi connectivity index (χ4v) is 0.658. The van der Waals surface area contributed by atoms with Gasteiger partial charge in [-0.25, -0.2) is 15.8 Å². The van der Waals surface area contributed by atoms with Crippen molar-refractivity contribution in [2.75, 3.05) is 5.01 Å². The van der Waals surface area contributed by atoms with Crippen LogP contribution in [0.1, 0.15) is 6.92 Å². The zero-order valence-electron chi connectivity index (χ0n) is 6.19. The highest BCUT2D eigenvalue weighted by Crippen LogP contribution is 2.03. The molecular weight excluding hydrogens is 142 g/mol. The van der Waals surface area contributed by atoms with E-state index in [0.717, 1.165) is 5.01 Å². The van der Waals surface area contributed by atoms with Crippen LogP contribution in [0.2, 0.25) is 0 Å². The summed E-state index contributed by atoms with van der Waals surface area (Å²) in [4.78, 5) is 14.6. The number of anilines is 1. The van der Waals surface area contributed by atoms with Crippen LogP contribution in [-0.4, -0.2) is 10.9 Å². The summed E-state index contributed by atoms with van der Waals surface area (Å²) >= 11 is 0. The molecule has 1 aromatic rings. The van der Waals surface area contributed by atoms with Crippen LogP contribution in [0.5, 0.6) is 0 Å². The Morgan fingerprint density at radius 1 is 1.64 bits per heavy atom. The van der Waals surface area contributed by atoms with E-state index < -0.39 is 0 Å². The summed E-state index contributed by atoms with van der Waals surface area (Å²) in [5.41, 5.74) is 0. The van der Waals surface area contributed by atoms with Crippen molar-refractivity contribution in [3.63, 3.8) is 0 Å². The molecule has 58 valence electrons. The topological polar surface area (TPSA) is 59.2 Å². The fraction of sp³-hybridized carbons (Fsp3) is 0.143. The quantitative estimate of drug-likeness (QED) is 0.357. The molecule has 11 heavy (non-hydrogen) atoms. The maximum atomic E-state index is 10.7. The summed E-state index contributed by atoms with van der Waals surface area (Å²) in [5, 5.41) is 1.000. The van der Waals surface area contributed by atoms with Gasteiger partial charge in [0.05, 0.1) is 0 Å². The van der Waals surface area contributed by atoms with Crippen molar-refractivity contribution < 1.29 is 4.79 Å². The summed E-state index contributed by atoms with van der Waals surface area (Å²) in [6.07, 6.45) is 1.58. The van der Waals surface area contributed by atoms with Crippen LogP contribution in [0.4, 0.5) is 5.82 Å². The largest absolute Gasteiger partial charge is 0.273 e. The van der Waals surface area contributed by atoms with Crippen molar-refractivity contribution in [2.45, 2.75) is 6.92 Å². The third-order valence-electron chi connectivity index (χ3n) is 1.24. The average Bonchev–Trinajstić information content (AvgIpc) is 2.05. The van der Waals surface area contributed by atoms with E-state index in [1.807, 2.05) is 0 Å². The molecule has 1 rings (SSSR count). The molecule has 0 aliphatic rings. The number of carbonyl (C=O) groups is 1. The van der Waals surface area contributed by atoms with E-state index in [4.69, 9.17) is 5.84 Å². The van der Waals surface area contributed by atoms with Gasteiger partial charge in [-0.05, 0) is 12.1 Å². The molecule has 4 heteroatoms. The minimum Gasteiger partial charge on any atom is -0.273 e. The van der Waals surface area contributed by atoms with Crippen molar-refractivity contribution in [3.05, 3.63) is 24.4 Å². The van der Waals surface area contributed by atoms with Gasteiger partial charge in [0.2, 0.25) is 5.91 Å². The second-order valence-electron chi connectivity index (χ2n) is 2.08. The highest BCUT2D eigenvalue weighted by molar-refractivity contribution is 5.88. The first-order valence-electron chi connectivity index (χ1n) is 3.18. The Labute approximate surface area is 64.6 Å². The van der Waals surface area contributed by atoms with Crippen molar-refractivity contribution in [1.82, 2.24) is 4.98 Å². The smallest absolute Gasteiger partial charge is 0.239 e. The molecule has 0 saturated heterocycles. The average molecular weight is 151 g/mol. The number of hydrogen-bond acceptors (Lipinski definition) is 3. The van der Waals surface area contributed by atoms with Crippen LogP contribution >= 0.6 is 0 Å². The number of nitrogens with zero attached hydrogens (tertiary/aromatic N) is 2. The standard InChI is InChI=1S/C7H9N3O/c1-6(11)10(8)7-4-2-3-5-9-7/h2-5H,8H2,1H3. The zero-order chi connectivity index (χ0) is 8.27. The highest BCUT2D eigenvalue weighted by Gasteiger charge is 2.04. The molecule has 0 spiro atoms. The Balaban J connectivity index is 2.85. The van der Waals surface area contributed by atoms with E-state index in [2.05, 4.69) is 4.98 Å². The van der Waals surface area contributed by atoms with E-state index in [9.17, 15) is 4.79 Å². The van der Waals surface area contributed by atoms with Gasteiger partial charge in [0.25, 0.3) is 0 Å². The van der Waals surface area contributed by atoms with Gasteiger partial charge in [0, 0.05) is 13.1 Å². The minimum atomic E-state index is -0.233. The molecule has 1 aromatic heterocycles. The van der Waals surface area contributed by atoms with E-state index in [1.165, 1.54) is 6.92 Å². The first-order valence-corrected chi connectivity index (χ1v) is 3.18. The van der Waals surface area contributed by atoms with Crippen molar-refractivity contribution in [1.29, 1.82) is 0 Å². The molecule has 0 bridgehead atoms. The van der Waals surface area contributed by atoms with Gasteiger partial charge in [-0.1, -0.05) is 6.07 Å². The highest BCUT2D eigenvalue weighted by atomic mass is 16.2. The first kappa shape index (κ1) is 7.68. The Hall–Kier alpha value is -1.42. The van der Waals surface area contributed by atoms with Crippen molar-refractivity contribution in [2.24, 2.45) is 5.84 Å². The lowest BCUT2D eigenvalue weighted by Gasteiger charge is -2.11. The number of carbonyl (C=O) groups excluding carboxylic acids is 1. The van der Waals surface area contributed by atoms with Crippen LogP contribution in [0.3, 0.4) is 0 Å². The van der Waals surface area contributed by atoms with Crippen LogP contribution in [-0.2, 0) is 4.79 Å². The maximum absolute atomic E-state index is 10.7. The number of nitrogens with two attached hydrogens (primary N) is 1. The SMILES string of the molecule is CC(=O)N(N)c1ccccn1. The first-order chi connectivity index (χ1) is 5.22. The van der Waals surface area contributed by atoms with Crippen LogP contribution in [0.25, 0.3) is 0 Å². The number of rotatable bonds is 1. The van der Waals surface area contributed by atoms with Crippen LogP contribution < -0.4 is 10.9 Å². The lowest BCUT2D eigenvalue weighted by atomic mass is 10.4. The predicted octanol–water partition coefficient (Wildman–Crippen LogP) is 0.308. The second-order valence-corrected chi connectivity index (χ2v) is 2.08. The van der Waals surface area contributed by atoms with Gasteiger partial charge in [-0.2, -0.15) is 0 Å². The number of amides is 1. The lowest BCUT2D eigenvalue weighted by Crippen LogP contribution is -2.35. The fourth-order valence-electron chi connectivity index (χ4n) is 0.658. The Morgan fingerprint density at radius 2 is 2.36 bits per heavy atom. The third kappa shape index (κ3) is 1.75. The molecule has 0 radical (unpaired) electrons. The lowest BCUT2D eigenvalue weighted by molar-refractivity contribution is -0.116. The normalized spacial score (nSPS) is 9.27. The number of pyridine rings is 1. The third-order valence-corrected chi connectivity index (χ3v) is 1.24. The molecule has 2 N–H and O–H groups in total. The van der Waals surface area contributed by atoms with Gasteiger partial charge < -0.3 is 0 Å². The molecule has 0 aliphatic carbocycles. The van der Waals surface area contributed by atoms with E-state index in [0.29, 0.717) is 5.82 Å². The molecule has 0 unspecified atom stereocenters. The zero-order valence-corrected chi connectivity index (χ0v) is 6.19. The van der Waals surface area contributed by atoms with E-state index in [1.54, 1.807) is 24.4 Å². The van der Waals surface area contributed by atoms with E-state index in [-0.39, 0.29) is 5.91 Å². The molecule has 0 saturated carbocycles. The van der Waals surface area contributed by atoms with Gasteiger partial charge in [-0.15, -0.1) is 0 Å². The Bertz CT molecular complexity index is 247. The molecule has 0 aromatic carbocycles. The second kappa shape index (κ2) is 3.12. The van der Waals surface area contributed by atoms with Gasteiger partial charge in [0.15, 0.2) is 0 Å². The van der Waals surface area contributed by atoms with Gasteiger partial charge >= 0.3 is 0 Å². The summed E-state index contributed by atoms with van der Waals surface area (Å²) in [6, 6.07) is 5.20. The Morgan fingerprint density at radius 3 is 2.82 bits per heavy atom. The summed E-state index contributed by atoms with van der Waals surface area (Å²) in [5.74, 6) is 5.58. The molecule has 1 heterocycles. The van der Waals surface area contributed by atoms with Crippen LogP contribution in [0.15, 0.2) is 24.4 Å². The molecular formula is C7H9N3O. The monoisotopic (exact) mass is 151 g/mol. The molecule has 0 aliphatic heterocycles. The Kier molecular flexibility index (Phi) is 2.18. The summed E-state index contributed by atoms with van der Waals surface area (Å²) < 4.78 is 0. The summed E-state index contributed by atoms with van der Waals surface area (Å²) in [7, 11) is 0.